The number of amides is 4. The minimum Gasteiger partial charge on any atom is -0.490 e. The van der Waals surface area contributed by atoms with Crippen LogP contribution in [-0.2, 0) is 16.2 Å². The fraction of sp³-hybridized carbons (Fsp3) is 0.205. The van der Waals surface area contributed by atoms with E-state index in [1.54, 1.807) is 24.3 Å². The molecule has 282 valence electrons. The Morgan fingerprint density at radius 1 is 0.839 bits per heavy atom. The second-order valence-corrected chi connectivity index (χ2v) is 14.8. The van der Waals surface area contributed by atoms with Gasteiger partial charge in [0.25, 0.3) is 17.5 Å². The lowest BCUT2D eigenvalue weighted by Crippen LogP contribution is -2.54. The molecule has 0 bridgehead atoms. The normalized spacial score (nSPS) is 18.4. The zero-order valence-electron chi connectivity index (χ0n) is 30.4. The van der Waals surface area contributed by atoms with E-state index in [0.29, 0.717) is 39.4 Å². The van der Waals surface area contributed by atoms with Gasteiger partial charge in [-0.25, -0.2) is 9.69 Å². The number of carbonyl (C=O) groups is 3. The number of anilines is 2. The zero-order valence-corrected chi connectivity index (χ0v) is 32.0. The Kier molecular flexibility index (Phi) is 10.1. The van der Waals surface area contributed by atoms with Crippen LogP contribution in [0.15, 0.2) is 119 Å². The molecule has 12 heteroatoms. The van der Waals surface area contributed by atoms with Crippen LogP contribution in [0.25, 0.3) is 6.08 Å². The van der Waals surface area contributed by atoms with Crippen LogP contribution in [0.1, 0.15) is 65.0 Å². The maximum Gasteiger partial charge on any atom is 0.335 e. The highest BCUT2D eigenvalue weighted by Crippen LogP contribution is 2.50. The molecule has 3 aliphatic heterocycles. The first-order chi connectivity index (χ1) is 27.2. The molecule has 0 radical (unpaired) electrons. The molecule has 4 amide bonds. The van der Waals surface area contributed by atoms with Crippen molar-refractivity contribution in [3.8, 4) is 11.5 Å². The number of ether oxygens (including phenoxy) is 2. The van der Waals surface area contributed by atoms with Crippen molar-refractivity contribution in [2.45, 2.75) is 38.2 Å². The summed E-state index contributed by atoms with van der Waals surface area (Å²) in [5.74, 6) is -0.726. The number of imide groups is 2. The predicted molar refractivity (Wildman–Crippen MR) is 216 cm³/mol. The van der Waals surface area contributed by atoms with Crippen LogP contribution in [0, 0.1) is 10.1 Å². The average Bonchev–Trinajstić information content (AvgIpc) is 3.20. The molecule has 56 heavy (non-hydrogen) atoms. The van der Waals surface area contributed by atoms with Gasteiger partial charge < -0.3 is 14.4 Å². The second kappa shape index (κ2) is 15.5. The Hall–Kier alpha value is -6.27. The van der Waals surface area contributed by atoms with Gasteiger partial charge in [0.15, 0.2) is 11.5 Å². The fourth-order valence-electron chi connectivity index (χ4n) is 7.97. The molecule has 1 N–H and O–H groups in total. The number of nitrogens with one attached hydrogen (secondary N) is 1. The summed E-state index contributed by atoms with van der Waals surface area (Å²) in [6.07, 6.45) is 3.20. The van der Waals surface area contributed by atoms with Crippen LogP contribution >= 0.6 is 15.9 Å². The first kappa shape index (κ1) is 36.7. The third kappa shape index (κ3) is 7.03. The van der Waals surface area contributed by atoms with Gasteiger partial charge in [-0.2, -0.15) is 0 Å². The molecule has 0 unspecified atom stereocenters. The lowest BCUT2D eigenvalue weighted by Gasteiger charge is -2.44. The maximum atomic E-state index is 14.4. The van der Waals surface area contributed by atoms with Crippen LogP contribution in [0.2, 0.25) is 0 Å². The molecule has 5 aromatic carbocycles. The number of halogens is 1. The topological polar surface area (TPSA) is 131 Å². The SMILES string of the molecule is CCOc1cc(/C=C2\C(=O)NC(=O)N(c3cc4c5c(c3)[C@@H](c3ccccc3)CCN5CC[C@@H]4c3ccccc3)C2=O)cc(Br)c1OCc1ccc([N+](=O)[O-])cc1. The third-order valence-corrected chi connectivity index (χ3v) is 11.1. The Balaban J connectivity index is 1.17. The fourth-order valence-corrected chi connectivity index (χ4v) is 8.55. The minimum absolute atomic E-state index is 0.0236. The number of rotatable bonds is 10. The van der Waals surface area contributed by atoms with E-state index in [1.807, 2.05) is 55.5 Å². The molecular formula is C44H37BrN4O7. The van der Waals surface area contributed by atoms with E-state index in [9.17, 15) is 24.5 Å². The molecule has 2 atom stereocenters. The molecular weight excluding hydrogens is 776 g/mol. The molecule has 1 fully saturated rings. The standard InChI is InChI=1S/C44H37BrN4O7/c1-2-55-39-23-28(22-38(45)41(39)56-26-27-13-15-31(16-14-27)49(53)54)21-37-42(50)46-44(52)48(43(37)51)32-24-35-33(29-9-5-3-6-10-29)17-19-47-20-18-34(36(25-32)40(35)47)30-11-7-4-8-12-30/h3-16,21-25,33-34H,2,17-20,26H2,1H3,(H,46,50,52)/b37-21+/t33-,34-/m1/s1. The Morgan fingerprint density at radius 2 is 1.45 bits per heavy atom. The Bertz CT molecular complexity index is 2310. The van der Waals surface area contributed by atoms with Gasteiger partial charge in [-0.15, -0.1) is 0 Å². The lowest BCUT2D eigenvalue weighted by molar-refractivity contribution is -0.384. The van der Waals surface area contributed by atoms with Crippen molar-refractivity contribution in [3.63, 3.8) is 0 Å². The van der Waals surface area contributed by atoms with Gasteiger partial charge in [0.05, 0.1) is 21.7 Å². The van der Waals surface area contributed by atoms with Crippen molar-refractivity contribution < 1.29 is 28.8 Å². The lowest BCUT2D eigenvalue weighted by atomic mass is 9.76. The smallest absolute Gasteiger partial charge is 0.335 e. The molecule has 0 spiro atoms. The number of urea groups is 1. The average molecular weight is 814 g/mol. The number of hydrogen-bond acceptors (Lipinski definition) is 8. The highest BCUT2D eigenvalue weighted by molar-refractivity contribution is 9.10. The molecule has 11 nitrogen and oxygen atoms in total. The van der Waals surface area contributed by atoms with Crippen LogP contribution in [0.3, 0.4) is 0 Å². The zero-order chi connectivity index (χ0) is 38.9. The largest absolute Gasteiger partial charge is 0.490 e. The molecule has 0 saturated carbocycles. The third-order valence-electron chi connectivity index (χ3n) is 10.5. The van der Waals surface area contributed by atoms with Crippen LogP contribution in [-0.4, -0.2) is 42.5 Å². The number of carbonyl (C=O) groups excluding carboxylic acids is 3. The summed E-state index contributed by atoms with van der Waals surface area (Å²) in [5, 5.41) is 13.5. The van der Waals surface area contributed by atoms with E-state index in [0.717, 1.165) is 58.8 Å². The molecule has 3 heterocycles. The van der Waals surface area contributed by atoms with E-state index >= 15 is 0 Å². The minimum atomic E-state index is -0.813. The molecule has 5 aromatic rings. The van der Waals surface area contributed by atoms with Crippen molar-refractivity contribution in [2.24, 2.45) is 0 Å². The number of non-ortho nitro benzene ring substituents is 1. The summed E-state index contributed by atoms with van der Waals surface area (Å²) in [4.78, 5) is 55.6. The van der Waals surface area contributed by atoms with Gasteiger partial charge in [0.1, 0.15) is 12.2 Å². The van der Waals surface area contributed by atoms with Gasteiger partial charge in [-0.05, 0) is 112 Å². The van der Waals surface area contributed by atoms with Gasteiger partial charge in [-0.1, -0.05) is 60.7 Å². The van der Waals surface area contributed by atoms with E-state index in [4.69, 9.17) is 9.47 Å². The quantitative estimate of drug-likeness (QED) is 0.0641. The molecule has 8 rings (SSSR count). The summed E-state index contributed by atoms with van der Waals surface area (Å²) in [7, 11) is 0. The molecule has 1 saturated heterocycles. The second-order valence-electron chi connectivity index (χ2n) is 13.9. The van der Waals surface area contributed by atoms with E-state index in [2.05, 4.69) is 50.4 Å². The van der Waals surface area contributed by atoms with Crippen LogP contribution < -0.4 is 24.6 Å². The van der Waals surface area contributed by atoms with E-state index in [1.165, 1.54) is 18.2 Å². The molecule has 0 aromatic heterocycles. The summed E-state index contributed by atoms with van der Waals surface area (Å²) in [6, 6.07) is 33.1. The van der Waals surface area contributed by atoms with Gasteiger partial charge in [0, 0.05) is 42.7 Å². The summed E-state index contributed by atoms with van der Waals surface area (Å²) < 4.78 is 12.5. The van der Waals surface area contributed by atoms with Crippen LogP contribution in [0.5, 0.6) is 11.5 Å². The predicted octanol–water partition coefficient (Wildman–Crippen LogP) is 8.88. The summed E-state index contributed by atoms with van der Waals surface area (Å²) >= 11 is 3.56. The van der Waals surface area contributed by atoms with Crippen molar-refractivity contribution in [3.05, 3.63) is 163 Å². The Labute approximate surface area is 331 Å². The van der Waals surface area contributed by atoms with E-state index in [-0.39, 0.29) is 29.7 Å². The summed E-state index contributed by atoms with van der Waals surface area (Å²) in [6.45, 7) is 4.01. The first-order valence-electron chi connectivity index (χ1n) is 18.5. The van der Waals surface area contributed by atoms with Crippen molar-refractivity contribution in [1.29, 1.82) is 0 Å². The number of benzene rings is 5. The van der Waals surface area contributed by atoms with Gasteiger partial charge in [0.2, 0.25) is 0 Å². The first-order valence-corrected chi connectivity index (χ1v) is 19.3. The van der Waals surface area contributed by atoms with Crippen molar-refractivity contribution >= 4 is 56.9 Å². The highest BCUT2D eigenvalue weighted by Gasteiger charge is 2.40. The highest BCUT2D eigenvalue weighted by atomic mass is 79.9. The molecule has 0 aliphatic carbocycles. The van der Waals surface area contributed by atoms with Gasteiger partial charge in [-0.3, -0.25) is 25.0 Å². The van der Waals surface area contributed by atoms with Crippen LogP contribution in [0.4, 0.5) is 21.9 Å². The monoisotopic (exact) mass is 812 g/mol. The van der Waals surface area contributed by atoms with Gasteiger partial charge >= 0.3 is 6.03 Å². The van der Waals surface area contributed by atoms with Crippen molar-refractivity contribution in [2.75, 3.05) is 29.5 Å². The Morgan fingerprint density at radius 3 is 2.02 bits per heavy atom. The van der Waals surface area contributed by atoms with Crippen molar-refractivity contribution in [1.82, 2.24) is 5.32 Å². The molecule has 3 aliphatic rings. The summed E-state index contributed by atoms with van der Waals surface area (Å²) in [5.41, 5.74) is 6.89. The number of nitro groups is 1. The number of barbiturate groups is 1. The number of nitro benzene ring substituents is 1. The maximum absolute atomic E-state index is 14.4. The number of nitrogens with zero attached hydrogens (tertiary/aromatic N) is 3. The van der Waals surface area contributed by atoms with E-state index < -0.39 is 22.8 Å². The number of hydrogen-bond donors (Lipinski definition) is 1.